The van der Waals surface area contributed by atoms with E-state index in [0.29, 0.717) is 8.81 Å². The molecule has 2 rings (SSSR count). The molecule has 7 heteroatoms. The number of hydrogen-bond acceptors (Lipinski definition) is 3. The van der Waals surface area contributed by atoms with Crippen LogP contribution in [0.2, 0.25) is 5.02 Å². The van der Waals surface area contributed by atoms with Gasteiger partial charge in [-0.2, -0.15) is 0 Å². The first-order valence-corrected chi connectivity index (χ1v) is 9.31. The average molecular weight is 395 g/mol. The molecule has 0 spiro atoms. The van der Waals surface area contributed by atoms with Crippen LogP contribution in [0.1, 0.15) is 24.1 Å². The van der Waals surface area contributed by atoms with Crippen molar-refractivity contribution in [2.75, 3.05) is 0 Å². The Morgan fingerprint density at radius 3 is 2.55 bits per heavy atom. The van der Waals surface area contributed by atoms with Gasteiger partial charge in [0.2, 0.25) is 0 Å². The molecular formula is C13H13BrClNO2S2. The van der Waals surface area contributed by atoms with Gasteiger partial charge in [-0.1, -0.05) is 35.9 Å². The maximum atomic E-state index is 12.3. The van der Waals surface area contributed by atoms with E-state index in [0.717, 1.165) is 22.5 Å². The fraction of sp³-hybridized carbons (Fsp3) is 0.231. The number of aryl methyl sites for hydroxylation is 1. The van der Waals surface area contributed by atoms with E-state index < -0.39 is 10.0 Å². The van der Waals surface area contributed by atoms with Crippen LogP contribution in [0.15, 0.2) is 38.3 Å². The largest absolute Gasteiger partial charge is 0.250 e. The van der Waals surface area contributed by atoms with Crippen LogP contribution >= 0.6 is 38.9 Å². The Hall–Kier alpha value is -0.400. The molecule has 2 aromatic rings. The van der Waals surface area contributed by atoms with E-state index in [4.69, 9.17) is 11.6 Å². The number of nitrogens with one attached hydrogen (secondary N) is 1. The van der Waals surface area contributed by atoms with Crippen LogP contribution in [-0.2, 0) is 10.0 Å². The van der Waals surface area contributed by atoms with Crippen LogP contribution in [0.5, 0.6) is 0 Å². The van der Waals surface area contributed by atoms with Gasteiger partial charge in [0.05, 0.1) is 8.81 Å². The number of sulfonamides is 1. The molecule has 0 fully saturated rings. The molecule has 0 aliphatic carbocycles. The van der Waals surface area contributed by atoms with E-state index in [1.54, 1.807) is 0 Å². The fourth-order valence-electron chi connectivity index (χ4n) is 1.89. The second-order valence-corrected chi connectivity index (χ2v) is 9.10. The first-order valence-electron chi connectivity index (χ1n) is 5.84. The lowest BCUT2D eigenvalue weighted by Crippen LogP contribution is -2.26. The van der Waals surface area contributed by atoms with Crippen LogP contribution in [0.3, 0.4) is 0 Å². The number of hydrogen-bond donors (Lipinski definition) is 1. The van der Waals surface area contributed by atoms with Gasteiger partial charge in [0.1, 0.15) is 4.21 Å². The first-order chi connectivity index (χ1) is 9.31. The Labute approximate surface area is 136 Å². The maximum absolute atomic E-state index is 12.3. The third kappa shape index (κ3) is 3.43. The maximum Gasteiger partial charge on any atom is 0.250 e. The summed E-state index contributed by atoms with van der Waals surface area (Å²) in [5, 5.41) is 0.402. The number of rotatable bonds is 4. The van der Waals surface area contributed by atoms with Crippen LogP contribution < -0.4 is 4.72 Å². The van der Waals surface area contributed by atoms with Crippen molar-refractivity contribution in [1.29, 1.82) is 0 Å². The van der Waals surface area contributed by atoms with Crippen LogP contribution in [0.4, 0.5) is 0 Å². The van der Waals surface area contributed by atoms with Crippen molar-refractivity contribution in [3.8, 4) is 0 Å². The zero-order chi connectivity index (χ0) is 14.9. The summed E-state index contributed by atoms with van der Waals surface area (Å²) in [7, 11) is -3.57. The highest BCUT2D eigenvalue weighted by molar-refractivity contribution is 9.11. The summed E-state index contributed by atoms with van der Waals surface area (Å²) in [6, 6.07) is 8.84. The van der Waals surface area contributed by atoms with Gasteiger partial charge in [-0.25, -0.2) is 13.1 Å². The highest BCUT2D eigenvalue weighted by Crippen LogP contribution is 2.35. The van der Waals surface area contributed by atoms with Gasteiger partial charge < -0.3 is 0 Å². The lowest BCUT2D eigenvalue weighted by atomic mass is 10.0. The van der Waals surface area contributed by atoms with Gasteiger partial charge in [0.15, 0.2) is 0 Å². The smallest absolute Gasteiger partial charge is 0.206 e. The molecule has 1 heterocycles. The molecule has 0 amide bonds. The third-order valence-corrected chi connectivity index (χ3v) is 7.36. The van der Waals surface area contributed by atoms with Crippen LogP contribution in [-0.4, -0.2) is 8.42 Å². The zero-order valence-corrected chi connectivity index (χ0v) is 14.8. The van der Waals surface area contributed by atoms with Gasteiger partial charge in [-0.15, -0.1) is 11.3 Å². The molecule has 0 aliphatic heterocycles. The van der Waals surface area contributed by atoms with Crippen molar-refractivity contribution in [3.63, 3.8) is 0 Å². The van der Waals surface area contributed by atoms with Crippen molar-refractivity contribution in [3.05, 3.63) is 50.3 Å². The molecule has 1 N–H and O–H groups in total. The summed E-state index contributed by atoms with van der Waals surface area (Å²) in [6.45, 7) is 3.78. The summed E-state index contributed by atoms with van der Waals surface area (Å²) >= 11 is 10.2. The molecule has 0 radical (unpaired) electrons. The predicted molar refractivity (Wildman–Crippen MR) is 86.9 cm³/mol. The lowest BCUT2D eigenvalue weighted by molar-refractivity contribution is 0.568. The lowest BCUT2D eigenvalue weighted by Gasteiger charge is -2.15. The summed E-state index contributed by atoms with van der Waals surface area (Å²) in [5.41, 5.74) is 2.01. The molecule has 108 valence electrons. The Bertz CT molecular complexity index is 708. The molecule has 20 heavy (non-hydrogen) atoms. The predicted octanol–water partition coefficient (Wildman–Crippen LogP) is 4.51. The van der Waals surface area contributed by atoms with E-state index in [9.17, 15) is 8.42 Å². The summed E-state index contributed by atoms with van der Waals surface area (Å²) in [6.07, 6.45) is 0. The summed E-state index contributed by atoms with van der Waals surface area (Å²) in [5.74, 6) is 0. The molecule has 0 aliphatic rings. The van der Waals surface area contributed by atoms with Crippen molar-refractivity contribution in [2.24, 2.45) is 0 Å². The van der Waals surface area contributed by atoms with E-state index >= 15 is 0 Å². The Balaban J connectivity index is 2.27. The topological polar surface area (TPSA) is 46.2 Å². The molecule has 3 nitrogen and oxygen atoms in total. The first kappa shape index (κ1) is 16.0. The molecule has 1 aromatic heterocycles. The Kier molecular flexibility index (Phi) is 4.92. The second-order valence-electron chi connectivity index (χ2n) is 4.39. The van der Waals surface area contributed by atoms with Gasteiger partial charge in [-0.3, -0.25) is 0 Å². The minimum absolute atomic E-state index is 0.204. The molecule has 0 saturated heterocycles. The minimum atomic E-state index is -3.57. The highest BCUT2D eigenvalue weighted by Gasteiger charge is 2.22. The van der Waals surface area contributed by atoms with Gasteiger partial charge in [0, 0.05) is 6.04 Å². The standard InChI is InChI=1S/C13H13BrClNO2S2/c1-8-5-3-4-6-10(8)9(2)16-20(17,18)12-7-11(15)13(14)19-12/h3-7,9,16H,1-2H3. The monoisotopic (exact) mass is 393 g/mol. The molecule has 0 bridgehead atoms. The SMILES string of the molecule is Cc1ccccc1C(C)NS(=O)(=O)c1cc(Cl)c(Br)s1. The Morgan fingerprint density at radius 2 is 2.00 bits per heavy atom. The molecule has 0 saturated carbocycles. The van der Waals surface area contributed by atoms with Crippen LogP contribution in [0.25, 0.3) is 0 Å². The van der Waals surface area contributed by atoms with Gasteiger partial charge >= 0.3 is 0 Å². The third-order valence-electron chi connectivity index (χ3n) is 2.87. The molecule has 1 aromatic carbocycles. The summed E-state index contributed by atoms with van der Waals surface area (Å²) < 4.78 is 28.1. The Morgan fingerprint density at radius 1 is 1.35 bits per heavy atom. The fourth-order valence-corrected chi connectivity index (χ4v) is 5.52. The van der Waals surface area contributed by atoms with Crippen molar-refractivity contribution in [2.45, 2.75) is 24.1 Å². The van der Waals surface area contributed by atoms with Gasteiger partial charge in [-0.05, 0) is 47.0 Å². The van der Waals surface area contributed by atoms with Gasteiger partial charge in [0.25, 0.3) is 10.0 Å². The van der Waals surface area contributed by atoms with E-state index in [2.05, 4.69) is 20.7 Å². The van der Waals surface area contributed by atoms with E-state index in [-0.39, 0.29) is 10.3 Å². The van der Waals surface area contributed by atoms with Crippen molar-refractivity contribution in [1.82, 2.24) is 4.72 Å². The molecule has 1 atom stereocenters. The second kappa shape index (κ2) is 6.15. The number of halogens is 2. The average Bonchev–Trinajstić information content (AvgIpc) is 2.70. The molecular weight excluding hydrogens is 382 g/mol. The number of thiophene rings is 1. The summed E-state index contributed by atoms with van der Waals surface area (Å²) in [4.78, 5) is 0. The quantitative estimate of drug-likeness (QED) is 0.829. The minimum Gasteiger partial charge on any atom is -0.206 e. The van der Waals surface area contributed by atoms with E-state index in [1.807, 2.05) is 38.1 Å². The van der Waals surface area contributed by atoms with E-state index in [1.165, 1.54) is 6.07 Å². The van der Waals surface area contributed by atoms with Crippen LogP contribution in [0, 0.1) is 6.92 Å². The number of benzene rings is 1. The normalized spacial score (nSPS) is 13.4. The highest BCUT2D eigenvalue weighted by atomic mass is 79.9. The molecule has 1 unspecified atom stereocenters. The van der Waals surface area contributed by atoms with Crippen molar-refractivity contribution >= 4 is 48.9 Å². The van der Waals surface area contributed by atoms with Crippen molar-refractivity contribution < 1.29 is 8.42 Å². The zero-order valence-electron chi connectivity index (χ0n) is 10.9.